The number of aromatic nitrogens is 2. The maximum absolute atomic E-state index is 11.2. The Labute approximate surface area is 92.9 Å². The van der Waals surface area contributed by atoms with Gasteiger partial charge in [-0.15, -0.1) is 0 Å². The molecule has 2 heterocycles. The van der Waals surface area contributed by atoms with Crippen molar-refractivity contribution in [3.63, 3.8) is 0 Å². The van der Waals surface area contributed by atoms with Crippen LogP contribution in [0.3, 0.4) is 0 Å². The number of carbonyl (C=O) groups excluding carboxylic acids is 1. The monoisotopic (exact) mass is 223 g/mol. The van der Waals surface area contributed by atoms with Crippen LogP contribution < -0.4 is 4.90 Å². The molecule has 1 aliphatic heterocycles. The van der Waals surface area contributed by atoms with E-state index in [4.69, 9.17) is 5.11 Å². The SMILES string of the molecule is COC(=O)c1nccc(N2CC(CO)C2)n1. The number of nitrogens with zero attached hydrogens (tertiary/aromatic N) is 3. The summed E-state index contributed by atoms with van der Waals surface area (Å²) in [6.07, 6.45) is 1.53. The lowest BCUT2D eigenvalue weighted by molar-refractivity contribution is 0.0586. The molecule has 0 saturated carbocycles. The van der Waals surface area contributed by atoms with Gasteiger partial charge in [0.25, 0.3) is 0 Å². The van der Waals surface area contributed by atoms with Gasteiger partial charge in [-0.05, 0) is 6.07 Å². The number of esters is 1. The Balaban J connectivity index is 2.09. The normalized spacial score (nSPS) is 15.8. The summed E-state index contributed by atoms with van der Waals surface area (Å²) in [4.78, 5) is 21.1. The number of rotatable bonds is 3. The van der Waals surface area contributed by atoms with E-state index in [9.17, 15) is 4.79 Å². The van der Waals surface area contributed by atoms with Gasteiger partial charge in [-0.25, -0.2) is 14.8 Å². The van der Waals surface area contributed by atoms with E-state index >= 15 is 0 Å². The fraction of sp³-hybridized carbons (Fsp3) is 0.500. The van der Waals surface area contributed by atoms with Gasteiger partial charge in [0.15, 0.2) is 0 Å². The summed E-state index contributed by atoms with van der Waals surface area (Å²) in [7, 11) is 1.30. The standard InChI is InChI=1S/C10H13N3O3/c1-16-10(15)9-11-3-2-8(12-9)13-4-7(5-13)6-14/h2-3,7,14H,4-6H2,1H3. The first-order chi connectivity index (χ1) is 7.74. The summed E-state index contributed by atoms with van der Waals surface area (Å²) < 4.78 is 4.54. The average molecular weight is 223 g/mol. The molecule has 0 aromatic carbocycles. The van der Waals surface area contributed by atoms with Crippen LogP contribution in [0.2, 0.25) is 0 Å². The molecule has 1 N–H and O–H groups in total. The number of carbonyl (C=O) groups is 1. The van der Waals surface area contributed by atoms with E-state index in [1.165, 1.54) is 13.3 Å². The minimum absolute atomic E-state index is 0.0625. The fourth-order valence-electron chi connectivity index (χ4n) is 1.59. The van der Waals surface area contributed by atoms with Crippen molar-refractivity contribution >= 4 is 11.8 Å². The second-order valence-electron chi connectivity index (χ2n) is 3.68. The van der Waals surface area contributed by atoms with Crippen LogP contribution in [0.1, 0.15) is 10.6 Å². The summed E-state index contributed by atoms with van der Waals surface area (Å²) in [5.41, 5.74) is 0. The summed E-state index contributed by atoms with van der Waals surface area (Å²) in [6, 6.07) is 1.74. The van der Waals surface area contributed by atoms with Gasteiger partial charge in [-0.3, -0.25) is 0 Å². The molecule has 2 rings (SSSR count). The van der Waals surface area contributed by atoms with E-state index in [1.54, 1.807) is 6.07 Å². The summed E-state index contributed by atoms with van der Waals surface area (Å²) in [5, 5.41) is 8.90. The van der Waals surface area contributed by atoms with E-state index in [0.717, 1.165) is 13.1 Å². The van der Waals surface area contributed by atoms with Crippen molar-refractivity contribution in [3.8, 4) is 0 Å². The third-order valence-corrected chi connectivity index (χ3v) is 2.55. The zero-order chi connectivity index (χ0) is 11.5. The van der Waals surface area contributed by atoms with E-state index in [0.29, 0.717) is 11.7 Å². The van der Waals surface area contributed by atoms with Crippen molar-refractivity contribution in [1.82, 2.24) is 9.97 Å². The highest BCUT2D eigenvalue weighted by atomic mass is 16.5. The summed E-state index contributed by atoms with van der Waals surface area (Å²) in [6.45, 7) is 1.70. The second-order valence-corrected chi connectivity index (χ2v) is 3.68. The second kappa shape index (κ2) is 4.44. The number of anilines is 1. The lowest BCUT2D eigenvalue weighted by Gasteiger charge is -2.39. The Morgan fingerprint density at radius 1 is 1.69 bits per heavy atom. The molecule has 1 fully saturated rings. The van der Waals surface area contributed by atoms with Crippen LogP contribution in [0.25, 0.3) is 0 Å². The lowest BCUT2D eigenvalue weighted by atomic mass is 10.0. The van der Waals surface area contributed by atoms with Crippen LogP contribution in [0.15, 0.2) is 12.3 Å². The van der Waals surface area contributed by atoms with Gasteiger partial charge in [0, 0.05) is 31.8 Å². The highest BCUT2D eigenvalue weighted by Crippen LogP contribution is 2.21. The third-order valence-electron chi connectivity index (χ3n) is 2.55. The van der Waals surface area contributed by atoms with Gasteiger partial charge in [-0.2, -0.15) is 0 Å². The summed E-state index contributed by atoms with van der Waals surface area (Å²) >= 11 is 0. The zero-order valence-corrected chi connectivity index (χ0v) is 8.96. The quantitative estimate of drug-likeness (QED) is 0.708. The molecular formula is C10H13N3O3. The van der Waals surface area contributed by atoms with Crippen molar-refractivity contribution in [2.45, 2.75) is 0 Å². The first-order valence-corrected chi connectivity index (χ1v) is 5.01. The number of aliphatic hydroxyl groups excluding tert-OH is 1. The molecule has 1 aromatic heterocycles. The molecule has 16 heavy (non-hydrogen) atoms. The topological polar surface area (TPSA) is 75.5 Å². The molecule has 0 aliphatic carbocycles. The van der Waals surface area contributed by atoms with Crippen molar-refractivity contribution in [2.75, 3.05) is 31.7 Å². The molecule has 0 radical (unpaired) electrons. The largest absolute Gasteiger partial charge is 0.463 e. The molecule has 1 aliphatic rings. The molecule has 0 unspecified atom stereocenters. The van der Waals surface area contributed by atoms with Crippen LogP contribution in [0, 0.1) is 5.92 Å². The Hall–Kier alpha value is -1.69. The van der Waals surface area contributed by atoms with E-state index in [2.05, 4.69) is 14.7 Å². The zero-order valence-electron chi connectivity index (χ0n) is 8.96. The first kappa shape index (κ1) is 10.8. The smallest absolute Gasteiger partial charge is 0.376 e. The minimum Gasteiger partial charge on any atom is -0.463 e. The fourth-order valence-corrected chi connectivity index (χ4v) is 1.59. The molecule has 6 nitrogen and oxygen atoms in total. The third kappa shape index (κ3) is 1.96. The predicted octanol–water partition coefficient (Wildman–Crippen LogP) is -0.308. The molecule has 6 heteroatoms. The maximum atomic E-state index is 11.2. The number of methoxy groups -OCH3 is 1. The molecule has 1 saturated heterocycles. The molecular weight excluding hydrogens is 210 g/mol. The van der Waals surface area contributed by atoms with E-state index < -0.39 is 5.97 Å². The molecule has 0 bridgehead atoms. The van der Waals surface area contributed by atoms with Crippen LogP contribution in [0.5, 0.6) is 0 Å². The molecule has 0 atom stereocenters. The number of hydrogen-bond donors (Lipinski definition) is 1. The van der Waals surface area contributed by atoms with Gasteiger partial charge in [0.05, 0.1) is 7.11 Å². The minimum atomic E-state index is -0.541. The Bertz CT molecular complexity index is 391. The van der Waals surface area contributed by atoms with Crippen molar-refractivity contribution in [1.29, 1.82) is 0 Å². The predicted molar refractivity (Wildman–Crippen MR) is 56.2 cm³/mol. The highest BCUT2D eigenvalue weighted by Gasteiger charge is 2.27. The molecule has 1 aromatic rings. The van der Waals surface area contributed by atoms with Crippen molar-refractivity contribution in [3.05, 3.63) is 18.1 Å². The Morgan fingerprint density at radius 2 is 2.44 bits per heavy atom. The highest BCUT2D eigenvalue weighted by molar-refractivity contribution is 5.85. The Kier molecular flexibility index (Phi) is 3.00. The van der Waals surface area contributed by atoms with Gasteiger partial charge < -0.3 is 14.7 Å². The molecule has 0 spiro atoms. The number of aliphatic hydroxyl groups is 1. The number of hydrogen-bond acceptors (Lipinski definition) is 6. The van der Waals surface area contributed by atoms with Crippen molar-refractivity contribution in [2.24, 2.45) is 5.92 Å². The lowest BCUT2D eigenvalue weighted by Crippen LogP contribution is -2.48. The van der Waals surface area contributed by atoms with Gasteiger partial charge in [0.2, 0.25) is 5.82 Å². The van der Waals surface area contributed by atoms with Gasteiger partial charge >= 0.3 is 5.97 Å². The van der Waals surface area contributed by atoms with Gasteiger partial charge in [-0.1, -0.05) is 0 Å². The van der Waals surface area contributed by atoms with Crippen LogP contribution in [-0.2, 0) is 4.74 Å². The Morgan fingerprint density at radius 3 is 3.06 bits per heavy atom. The van der Waals surface area contributed by atoms with E-state index in [-0.39, 0.29) is 12.4 Å². The maximum Gasteiger partial charge on any atom is 0.376 e. The van der Waals surface area contributed by atoms with Gasteiger partial charge in [0.1, 0.15) is 5.82 Å². The first-order valence-electron chi connectivity index (χ1n) is 5.01. The number of ether oxygens (including phenoxy) is 1. The van der Waals surface area contributed by atoms with Crippen LogP contribution in [0.4, 0.5) is 5.82 Å². The summed E-state index contributed by atoms with van der Waals surface area (Å²) in [5.74, 6) is 0.519. The molecule has 86 valence electrons. The van der Waals surface area contributed by atoms with E-state index in [1.807, 2.05) is 4.90 Å². The van der Waals surface area contributed by atoms with Crippen LogP contribution >= 0.6 is 0 Å². The van der Waals surface area contributed by atoms with Crippen molar-refractivity contribution < 1.29 is 14.6 Å². The van der Waals surface area contributed by atoms with Crippen LogP contribution in [-0.4, -0.2) is 47.8 Å². The molecule has 0 amide bonds. The average Bonchev–Trinajstić information content (AvgIpc) is 2.27.